The van der Waals surface area contributed by atoms with E-state index < -0.39 is 26.5 Å². The lowest BCUT2D eigenvalue weighted by Crippen LogP contribution is -2.37. The number of likely N-dealkylation sites (N-methyl/N-ethyl adjacent to an activating group) is 1. The Morgan fingerprint density at radius 3 is 1.54 bits per heavy atom. The van der Waals surface area contributed by atoms with Crippen molar-refractivity contribution in [2.45, 2.75) is 174 Å². The topological polar surface area (TPSA) is 108 Å². The number of hydrogen-bond donors (Lipinski definition) is 1. The fourth-order valence-corrected chi connectivity index (χ4v) is 6.22. The highest BCUT2D eigenvalue weighted by atomic mass is 31.2. The third kappa shape index (κ3) is 39.7. The summed E-state index contributed by atoms with van der Waals surface area (Å²) >= 11 is 0. The molecule has 2 atom stereocenters. The molecule has 0 bridgehead atoms. The molecule has 0 aliphatic heterocycles. The summed E-state index contributed by atoms with van der Waals surface area (Å²) in [7, 11) is 1.44. The van der Waals surface area contributed by atoms with E-state index in [9.17, 15) is 19.0 Å². The van der Waals surface area contributed by atoms with E-state index in [2.05, 4.69) is 56.4 Å². The Morgan fingerprint density at radius 2 is 1.02 bits per heavy atom. The van der Waals surface area contributed by atoms with E-state index in [1.54, 1.807) is 0 Å². The number of carbonyl (C=O) groups excluding carboxylic acids is 2. The van der Waals surface area contributed by atoms with Crippen LogP contribution in [0.1, 0.15) is 168 Å². The van der Waals surface area contributed by atoms with Crippen molar-refractivity contribution < 1.29 is 42.1 Å². The van der Waals surface area contributed by atoms with Crippen molar-refractivity contribution in [1.29, 1.82) is 0 Å². The van der Waals surface area contributed by atoms with Crippen LogP contribution >= 0.6 is 7.82 Å². The van der Waals surface area contributed by atoms with Crippen LogP contribution in [0, 0.1) is 0 Å². The molecule has 0 heterocycles. The number of allylic oxidation sites excluding steroid dienone is 8. The van der Waals surface area contributed by atoms with E-state index in [1.165, 1.54) is 89.9 Å². The van der Waals surface area contributed by atoms with Crippen molar-refractivity contribution >= 4 is 19.8 Å². The van der Waals surface area contributed by atoms with Gasteiger partial charge in [-0.1, -0.05) is 152 Å². The summed E-state index contributed by atoms with van der Waals surface area (Å²) in [6.07, 6.45) is 41.6. The van der Waals surface area contributed by atoms with E-state index in [4.69, 9.17) is 18.5 Å². The van der Waals surface area contributed by atoms with Crippen molar-refractivity contribution in [2.24, 2.45) is 0 Å². The maximum absolute atomic E-state index is 12.6. The SMILES string of the molecule is CCCCC/C=C\C/C=C\C/C=C\C/C=C\CCCC(=O)O[C@H](COC(=O)CCCCCCCCCCCCCCC)COP(=O)(O)OCC[N+](C)(C)C. The molecule has 1 N–H and O–H groups in total. The van der Waals surface area contributed by atoms with Crippen molar-refractivity contribution in [3.8, 4) is 0 Å². The Morgan fingerprint density at radius 1 is 0.574 bits per heavy atom. The molecule has 0 saturated carbocycles. The van der Waals surface area contributed by atoms with Gasteiger partial charge >= 0.3 is 19.8 Å². The molecular formula is C44H81NO8P+. The normalized spacial score (nSPS) is 14.1. The van der Waals surface area contributed by atoms with Crippen LogP contribution < -0.4 is 0 Å². The van der Waals surface area contributed by atoms with Crippen molar-refractivity contribution in [1.82, 2.24) is 0 Å². The van der Waals surface area contributed by atoms with Crippen molar-refractivity contribution in [2.75, 3.05) is 47.5 Å². The average Bonchev–Trinajstić information content (AvgIpc) is 3.12. The Bertz CT molecular complexity index is 1070. The van der Waals surface area contributed by atoms with Crippen LogP contribution in [0.3, 0.4) is 0 Å². The van der Waals surface area contributed by atoms with E-state index in [1.807, 2.05) is 27.2 Å². The van der Waals surface area contributed by atoms with Crippen LogP contribution in [0.15, 0.2) is 48.6 Å². The smallest absolute Gasteiger partial charge is 0.462 e. The molecule has 0 radical (unpaired) electrons. The third-order valence-electron chi connectivity index (χ3n) is 8.86. The second kappa shape index (κ2) is 36.6. The van der Waals surface area contributed by atoms with Crippen LogP contribution in [0.2, 0.25) is 0 Å². The van der Waals surface area contributed by atoms with Crippen LogP contribution in [0.5, 0.6) is 0 Å². The van der Waals surface area contributed by atoms with Crippen LogP contribution in [-0.4, -0.2) is 74.9 Å². The van der Waals surface area contributed by atoms with Gasteiger partial charge in [-0.3, -0.25) is 18.6 Å². The number of unbranched alkanes of at least 4 members (excludes halogenated alkanes) is 16. The number of phosphoric acid groups is 1. The maximum atomic E-state index is 12.6. The molecule has 54 heavy (non-hydrogen) atoms. The summed E-state index contributed by atoms with van der Waals surface area (Å²) in [6, 6.07) is 0. The lowest BCUT2D eigenvalue weighted by Gasteiger charge is -2.24. The van der Waals surface area contributed by atoms with Gasteiger partial charge in [0, 0.05) is 12.8 Å². The Labute approximate surface area is 331 Å². The number of ether oxygens (including phenoxy) is 2. The van der Waals surface area contributed by atoms with Gasteiger partial charge in [-0.05, 0) is 51.4 Å². The molecule has 1 unspecified atom stereocenters. The Kier molecular flexibility index (Phi) is 35.2. The molecular weight excluding hydrogens is 701 g/mol. The van der Waals surface area contributed by atoms with Crippen molar-refractivity contribution in [3.63, 3.8) is 0 Å². The number of rotatable bonds is 38. The summed E-state index contributed by atoms with van der Waals surface area (Å²) in [5, 5.41) is 0. The van der Waals surface area contributed by atoms with Gasteiger partial charge in [-0.15, -0.1) is 0 Å². The van der Waals surface area contributed by atoms with Gasteiger partial charge in [0.2, 0.25) is 0 Å². The summed E-state index contributed by atoms with van der Waals surface area (Å²) in [4.78, 5) is 35.3. The number of nitrogens with zero attached hydrogens (tertiary/aromatic N) is 1. The highest BCUT2D eigenvalue weighted by Crippen LogP contribution is 2.43. The molecule has 0 amide bonds. The molecule has 0 saturated heterocycles. The predicted molar refractivity (Wildman–Crippen MR) is 224 cm³/mol. The van der Waals surface area contributed by atoms with Gasteiger partial charge in [0.05, 0.1) is 27.7 Å². The minimum absolute atomic E-state index is 0.0212. The highest BCUT2D eigenvalue weighted by molar-refractivity contribution is 7.47. The third-order valence-corrected chi connectivity index (χ3v) is 9.85. The summed E-state index contributed by atoms with van der Waals surface area (Å²) < 4.78 is 34.2. The molecule has 0 aromatic heterocycles. The van der Waals surface area contributed by atoms with Crippen molar-refractivity contribution in [3.05, 3.63) is 48.6 Å². The zero-order valence-electron chi connectivity index (χ0n) is 35.2. The summed E-state index contributed by atoms with van der Waals surface area (Å²) in [5.74, 6) is -0.864. The Hall–Kier alpha value is -2.03. The standard InChI is InChI=1S/C44H80NO8P/c1-6-8-10-12-14-16-18-20-21-22-23-25-27-29-31-33-35-37-44(47)53-42(41-52-54(48,49)51-39-38-45(3,4)5)40-50-43(46)36-34-32-30-28-26-24-19-17-15-13-11-9-7-2/h14,16,20-21,23,25,29,31,42H,6-13,15,17-19,22,24,26-28,30,32-41H2,1-5H3/p+1/b16-14-,21-20-,25-23-,31-29-/t42-/m1/s1. The zero-order chi connectivity index (χ0) is 40.0. The molecule has 0 rings (SSSR count). The molecule has 0 aliphatic rings. The number of carbonyl (C=O) groups is 2. The first-order valence-electron chi connectivity index (χ1n) is 21.4. The minimum atomic E-state index is -4.39. The number of quaternary nitrogens is 1. The Balaban J connectivity index is 4.49. The molecule has 0 fully saturated rings. The van der Waals surface area contributed by atoms with Gasteiger partial charge in [-0.2, -0.15) is 0 Å². The monoisotopic (exact) mass is 783 g/mol. The van der Waals surface area contributed by atoms with Gasteiger partial charge in [0.1, 0.15) is 19.8 Å². The average molecular weight is 783 g/mol. The number of hydrogen-bond acceptors (Lipinski definition) is 7. The molecule has 9 nitrogen and oxygen atoms in total. The van der Waals surface area contributed by atoms with Gasteiger partial charge in [0.15, 0.2) is 6.10 Å². The fraction of sp³-hybridized carbons (Fsp3) is 0.773. The van der Waals surface area contributed by atoms with E-state index >= 15 is 0 Å². The van der Waals surface area contributed by atoms with E-state index in [0.717, 1.165) is 38.5 Å². The van der Waals surface area contributed by atoms with E-state index in [0.29, 0.717) is 23.9 Å². The molecule has 0 aromatic carbocycles. The molecule has 0 aromatic rings. The lowest BCUT2D eigenvalue weighted by atomic mass is 10.0. The first-order chi connectivity index (χ1) is 26.0. The summed E-state index contributed by atoms with van der Waals surface area (Å²) in [6.45, 7) is 4.32. The molecule has 314 valence electrons. The molecule has 0 aliphatic carbocycles. The van der Waals surface area contributed by atoms with Gasteiger partial charge in [-0.25, -0.2) is 4.57 Å². The lowest BCUT2D eigenvalue weighted by molar-refractivity contribution is -0.870. The minimum Gasteiger partial charge on any atom is -0.462 e. The number of esters is 2. The zero-order valence-corrected chi connectivity index (χ0v) is 36.1. The van der Waals surface area contributed by atoms with Gasteiger partial charge < -0.3 is 18.9 Å². The molecule has 0 spiro atoms. The second-order valence-corrected chi connectivity index (χ2v) is 16.8. The second-order valence-electron chi connectivity index (χ2n) is 15.4. The van der Waals surface area contributed by atoms with Gasteiger partial charge in [0.25, 0.3) is 0 Å². The highest BCUT2D eigenvalue weighted by Gasteiger charge is 2.27. The first-order valence-corrected chi connectivity index (χ1v) is 22.9. The van der Waals surface area contributed by atoms with Crippen LogP contribution in [0.4, 0.5) is 0 Å². The van der Waals surface area contributed by atoms with Crippen LogP contribution in [-0.2, 0) is 32.7 Å². The largest absolute Gasteiger partial charge is 0.472 e. The number of phosphoric ester groups is 1. The quantitative estimate of drug-likeness (QED) is 0.0217. The fourth-order valence-electron chi connectivity index (χ4n) is 5.48. The predicted octanol–water partition coefficient (Wildman–Crippen LogP) is 11.9. The molecule has 10 heteroatoms. The van der Waals surface area contributed by atoms with Crippen LogP contribution in [0.25, 0.3) is 0 Å². The van der Waals surface area contributed by atoms with E-state index in [-0.39, 0.29) is 32.0 Å². The maximum Gasteiger partial charge on any atom is 0.472 e. The summed E-state index contributed by atoms with van der Waals surface area (Å²) in [5.41, 5.74) is 0. The first kappa shape index (κ1) is 52.0.